The first kappa shape index (κ1) is 16.2. The number of rotatable bonds is 4. The predicted molar refractivity (Wildman–Crippen MR) is 103 cm³/mol. The summed E-state index contributed by atoms with van der Waals surface area (Å²) >= 11 is 0. The van der Waals surface area contributed by atoms with E-state index in [9.17, 15) is 0 Å². The van der Waals surface area contributed by atoms with E-state index in [0.717, 1.165) is 26.3 Å². The largest absolute Gasteiger partial charge is 0.379 e. The summed E-state index contributed by atoms with van der Waals surface area (Å²) in [6.07, 6.45) is 2.17. The van der Waals surface area contributed by atoms with Gasteiger partial charge < -0.3 is 14.6 Å². The maximum atomic E-state index is 5.59. The predicted octanol–water partition coefficient (Wildman–Crippen LogP) is 3.66. The van der Waals surface area contributed by atoms with E-state index in [0.29, 0.717) is 0 Å². The Kier molecular flexibility index (Phi) is 4.47. The summed E-state index contributed by atoms with van der Waals surface area (Å²) in [6.45, 7) is 3.52. The molecule has 4 heteroatoms. The molecule has 2 heterocycles. The second kappa shape index (κ2) is 6.90. The van der Waals surface area contributed by atoms with E-state index in [1.807, 2.05) is 0 Å². The number of nitrogens with one attached hydrogen (secondary N) is 1. The van der Waals surface area contributed by atoms with Crippen LogP contribution >= 0.6 is 0 Å². The zero-order valence-electron chi connectivity index (χ0n) is 14.9. The molecule has 0 bridgehead atoms. The van der Waals surface area contributed by atoms with Crippen molar-refractivity contribution < 1.29 is 4.74 Å². The summed E-state index contributed by atoms with van der Waals surface area (Å²) in [7, 11) is 4.16. The molecule has 2 aromatic carbocycles. The Hall–Kier alpha value is -2.30. The van der Waals surface area contributed by atoms with Crippen LogP contribution in [0.2, 0.25) is 0 Å². The van der Waals surface area contributed by atoms with Crippen molar-refractivity contribution in [1.29, 1.82) is 0 Å². The molecule has 1 aromatic heterocycles. The fourth-order valence-corrected chi connectivity index (χ4v) is 3.70. The Morgan fingerprint density at radius 3 is 2.44 bits per heavy atom. The van der Waals surface area contributed by atoms with Crippen molar-refractivity contribution in [3.63, 3.8) is 0 Å². The first-order chi connectivity index (χ1) is 12.2. The van der Waals surface area contributed by atoms with E-state index >= 15 is 0 Å². The van der Waals surface area contributed by atoms with Gasteiger partial charge >= 0.3 is 0 Å². The summed E-state index contributed by atoms with van der Waals surface area (Å²) in [5, 5.41) is 1.30. The third kappa shape index (κ3) is 3.15. The normalized spacial score (nSPS) is 16.9. The van der Waals surface area contributed by atoms with Gasteiger partial charge in [-0.1, -0.05) is 30.3 Å². The molecule has 1 atom stereocenters. The molecule has 1 aliphatic heterocycles. The van der Waals surface area contributed by atoms with Crippen LogP contribution in [0.1, 0.15) is 17.2 Å². The second-order valence-electron chi connectivity index (χ2n) is 6.83. The van der Waals surface area contributed by atoms with Crippen LogP contribution in [-0.2, 0) is 4.74 Å². The fraction of sp³-hybridized carbons (Fsp3) is 0.333. The van der Waals surface area contributed by atoms with Gasteiger partial charge in [-0.25, -0.2) is 0 Å². The van der Waals surface area contributed by atoms with Crippen LogP contribution < -0.4 is 4.90 Å². The van der Waals surface area contributed by atoms with Gasteiger partial charge in [0.25, 0.3) is 0 Å². The smallest absolute Gasteiger partial charge is 0.0624 e. The number of morpholine rings is 1. The fourth-order valence-electron chi connectivity index (χ4n) is 3.70. The van der Waals surface area contributed by atoms with Gasteiger partial charge in [-0.05, 0) is 29.3 Å². The first-order valence-electron chi connectivity index (χ1n) is 8.89. The molecule has 4 rings (SSSR count). The number of ether oxygens (including phenoxy) is 1. The van der Waals surface area contributed by atoms with Crippen molar-refractivity contribution in [1.82, 2.24) is 9.88 Å². The van der Waals surface area contributed by atoms with Crippen LogP contribution in [0.3, 0.4) is 0 Å². The molecule has 25 heavy (non-hydrogen) atoms. The van der Waals surface area contributed by atoms with E-state index in [-0.39, 0.29) is 6.04 Å². The standard InChI is InChI=1S/C21H25N3O/c1-23(2)17-9-7-16(8-10-17)21(24-11-13-25-14-12-24)19-15-22-20-6-4-3-5-18(19)20/h3-10,15,21-22H,11-14H2,1-2H3. The Bertz CT molecular complexity index is 832. The van der Waals surface area contributed by atoms with E-state index in [4.69, 9.17) is 4.74 Å². The third-order valence-corrected chi connectivity index (χ3v) is 5.05. The van der Waals surface area contributed by atoms with Crippen molar-refractivity contribution in [3.05, 3.63) is 65.9 Å². The Labute approximate surface area is 149 Å². The molecule has 0 spiro atoms. The van der Waals surface area contributed by atoms with E-state index < -0.39 is 0 Å². The average Bonchev–Trinajstić information content (AvgIpc) is 3.07. The van der Waals surface area contributed by atoms with Crippen LogP contribution in [-0.4, -0.2) is 50.3 Å². The maximum Gasteiger partial charge on any atom is 0.0624 e. The van der Waals surface area contributed by atoms with Gasteiger partial charge in [0.1, 0.15) is 0 Å². The lowest BCUT2D eigenvalue weighted by Gasteiger charge is -2.35. The molecule has 1 saturated heterocycles. The number of hydrogen-bond donors (Lipinski definition) is 1. The quantitative estimate of drug-likeness (QED) is 0.790. The van der Waals surface area contributed by atoms with Crippen LogP contribution in [0, 0.1) is 0 Å². The number of benzene rings is 2. The second-order valence-corrected chi connectivity index (χ2v) is 6.83. The number of aromatic amines is 1. The van der Waals surface area contributed by atoms with Gasteiger partial charge in [0, 0.05) is 50.0 Å². The lowest BCUT2D eigenvalue weighted by Crippen LogP contribution is -2.39. The van der Waals surface area contributed by atoms with Crippen LogP contribution in [0.5, 0.6) is 0 Å². The third-order valence-electron chi connectivity index (χ3n) is 5.05. The van der Waals surface area contributed by atoms with E-state index in [1.165, 1.54) is 27.7 Å². The van der Waals surface area contributed by atoms with Crippen molar-refractivity contribution in [2.45, 2.75) is 6.04 Å². The van der Waals surface area contributed by atoms with E-state index in [2.05, 4.69) is 83.6 Å². The number of para-hydroxylation sites is 1. The van der Waals surface area contributed by atoms with Crippen LogP contribution in [0.4, 0.5) is 5.69 Å². The Balaban J connectivity index is 1.78. The van der Waals surface area contributed by atoms with Gasteiger partial charge in [0.2, 0.25) is 0 Å². The minimum atomic E-state index is 0.247. The highest BCUT2D eigenvalue weighted by Gasteiger charge is 2.26. The zero-order chi connectivity index (χ0) is 17.2. The lowest BCUT2D eigenvalue weighted by atomic mass is 9.96. The summed E-state index contributed by atoms with van der Waals surface area (Å²) in [4.78, 5) is 8.11. The van der Waals surface area contributed by atoms with Crippen LogP contribution in [0.15, 0.2) is 54.7 Å². The summed E-state index contributed by atoms with van der Waals surface area (Å²) in [5.41, 5.74) is 5.09. The van der Waals surface area contributed by atoms with E-state index in [1.54, 1.807) is 0 Å². The lowest BCUT2D eigenvalue weighted by molar-refractivity contribution is 0.0242. The molecule has 1 fully saturated rings. The molecule has 1 N–H and O–H groups in total. The topological polar surface area (TPSA) is 31.5 Å². The SMILES string of the molecule is CN(C)c1ccc(C(c2c[nH]c3ccccc23)N2CCOCC2)cc1. The molecule has 0 saturated carbocycles. The number of aromatic nitrogens is 1. The van der Waals surface area contributed by atoms with Crippen LogP contribution in [0.25, 0.3) is 10.9 Å². The van der Waals surface area contributed by atoms with Crippen molar-refractivity contribution in [2.75, 3.05) is 45.3 Å². The van der Waals surface area contributed by atoms with Gasteiger partial charge in [0.05, 0.1) is 19.3 Å². The highest BCUT2D eigenvalue weighted by molar-refractivity contribution is 5.84. The molecular weight excluding hydrogens is 310 g/mol. The Morgan fingerprint density at radius 1 is 1.00 bits per heavy atom. The number of nitrogens with zero attached hydrogens (tertiary/aromatic N) is 2. The highest BCUT2D eigenvalue weighted by atomic mass is 16.5. The molecule has 1 aliphatic rings. The van der Waals surface area contributed by atoms with Gasteiger partial charge in [0.15, 0.2) is 0 Å². The van der Waals surface area contributed by atoms with Crippen molar-refractivity contribution in [3.8, 4) is 0 Å². The van der Waals surface area contributed by atoms with Gasteiger partial charge in [-0.3, -0.25) is 4.90 Å². The average molecular weight is 335 g/mol. The summed E-state index contributed by atoms with van der Waals surface area (Å²) in [5.74, 6) is 0. The number of hydrogen-bond acceptors (Lipinski definition) is 3. The number of anilines is 1. The van der Waals surface area contributed by atoms with Gasteiger partial charge in [-0.2, -0.15) is 0 Å². The zero-order valence-corrected chi connectivity index (χ0v) is 14.9. The molecule has 0 radical (unpaired) electrons. The molecule has 130 valence electrons. The number of H-pyrrole nitrogens is 1. The molecule has 0 aliphatic carbocycles. The molecule has 4 nitrogen and oxygen atoms in total. The molecular formula is C21H25N3O. The Morgan fingerprint density at radius 2 is 1.72 bits per heavy atom. The minimum absolute atomic E-state index is 0.247. The molecule has 3 aromatic rings. The molecule has 0 amide bonds. The minimum Gasteiger partial charge on any atom is -0.379 e. The maximum absolute atomic E-state index is 5.59. The summed E-state index contributed by atoms with van der Waals surface area (Å²) in [6, 6.07) is 17.7. The van der Waals surface area contributed by atoms with Gasteiger partial charge in [-0.15, -0.1) is 0 Å². The first-order valence-corrected chi connectivity index (χ1v) is 8.89. The highest BCUT2D eigenvalue weighted by Crippen LogP contribution is 2.34. The summed E-state index contributed by atoms with van der Waals surface area (Å²) < 4.78 is 5.59. The molecule has 1 unspecified atom stereocenters. The monoisotopic (exact) mass is 335 g/mol. The van der Waals surface area contributed by atoms with Crippen molar-refractivity contribution >= 4 is 16.6 Å². The van der Waals surface area contributed by atoms with Crippen molar-refractivity contribution in [2.24, 2.45) is 0 Å². The number of fused-ring (bicyclic) bond motifs is 1.